The van der Waals surface area contributed by atoms with E-state index in [0.717, 1.165) is 16.8 Å². The summed E-state index contributed by atoms with van der Waals surface area (Å²) in [6, 6.07) is 7.86. The van der Waals surface area contributed by atoms with Crippen LogP contribution in [0, 0.1) is 37.0 Å². The molecule has 1 amide bonds. The van der Waals surface area contributed by atoms with Crippen LogP contribution in [-0.4, -0.2) is 5.91 Å². The van der Waals surface area contributed by atoms with Crippen LogP contribution in [-0.2, 0) is 4.79 Å². The van der Waals surface area contributed by atoms with E-state index in [9.17, 15) is 4.79 Å². The minimum Gasteiger partial charge on any atom is -0.325 e. The highest BCUT2D eigenvalue weighted by molar-refractivity contribution is 5.94. The zero-order valence-electron chi connectivity index (χ0n) is 10.7. The zero-order valence-corrected chi connectivity index (χ0v) is 10.7. The number of carbonyl (C=O) groups excluding carboxylic acids is 1. The van der Waals surface area contributed by atoms with Crippen molar-refractivity contribution in [2.24, 2.45) is 11.8 Å². The molecule has 0 radical (unpaired) electrons. The molecule has 0 aliphatic rings. The number of anilines is 1. The summed E-state index contributed by atoms with van der Waals surface area (Å²) in [5, 5.41) is 11.8. The van der Waals surface area contributed by atoms with Crippen molar-refractivity contribution in [3.63, 3.8) is 0 Å². The predicted octanol–water partition coefficient (Wildman–Crippen LogP) is 3.04. The highest BCUT2D eigenvalue weighted by atomic mass is 16.1. The molecule has 0 aromatic heterocycles. The largest absolute Gasteiger partial charge is 0.325 e. The van der Waals surface area contributed by atoms with Crippen LogP contribution >= 0.6 is 0 Å². The zero-order chi connectivity index (χ0) is 13.0. The number of hydrogen-bond acceptors (Lipinski definition) is 2. The molecule has 0 aliphatic carbocycles. The second-order valence-electron chi connectivity index (χ2n) is 4.66. The van der Waals surface area contributed by atoms with Gasteiger partial charge >= 0.3 is 0 Å². The minimum absolute atomic E-state index is 0.0192. The third kappa shape index (κ3) is 3.32. The van der Waals surface area contributed by atoms with Crippen molar-refractivity contribution in [1.82, 2.24) is 0 Å². The van der Waals surface area contributed by atoms with Gasteiger partial charge in [0.05, 0.1) is 6.07 Å². The maximum Gasteiger partial charge on any atom is 0.241 e. The van der Waals surface area contributed by atoms with E-state index < -0.39 is 5.92 Å². The van der Waals surface area contributed by atoms with Gasteiger partial charge in [-0.1, -0.05) is 31.5 Å². The van der Waals surface area contributed by atoms with Gasteiger partial charge in [0.25, 0.3) is 0 Å². The van der Waals surface area contributed by atoms with Crippen LogP contribution in [0.4, 0.5) is 5.69 Å². The lowest BCUT2D eigenvalue weighted by Gasteiger charge is -2.14. The van der Waals surface area contributed by atoms with Crippen molar-refractivity contribution in [3.8, 4) is 6.07 Å². The molecule has 3 heteroatoms. The monoisotopic (exact) mass is 230 g/mol. The third-order valence-corrected chi connectivity index (χ3v) is 2.73. The summed E-state index contributed by atoms with van der Waals surface area (Å²) in [5.74, 6) is -0.809. The minimum atomic E-state index is -0.601. The van der Waals surface area contributed by atoms with Gasteiger partial charge in [-0.15, -0.1) is 0 Å². The van der Waals surface area contributed by atoms with Gasteiger partial charge in [0.1, 0.15) is 5.92 Å². The van der Waals surface area contributed by atoms with Crippen LogP contribution in [0.15, 0.2) is 18.2 Å². The smallest absolute Gasteiger partial charge is 0.241 e. The number of carbonyl (C=O) groups is 1. The number of rotatable bonds is 3. The Bertz CT molecular complexity index is 458. The Kier molecular flexibility index (Phi) is 4.28. The lowest BCUT2D eigenvalue weighted by atomic mass is 9.96. The van der Waals surface area contributed by atoms with E-state index in [4.69, 9.17) is 5.26 Å². The first-order chi connectivity index (χ1) is 7.95. The molecule has 17 heavy (non-hydrogen) atoms. The van der Waals surface area contributed by atoms with Crippen LogP contribution in [0.3, 0.4) is 0 Å². The van der Waals surface area contributed by atoms with Crippen LogP contribution < -0.4 is 5.32 Å². The molecular formula is C14H18N2O. The molecule has 1 aromatic carbocycles. The standard InChI is InChI=1S/C14H18N2O/c1-9(2)12(8-15)14(17)16-13-6-5-10(3)7-11(13)4/h5-7,9,12H,1-4H3,(H,16,17). The molecule has 1 N–H and O–H groups in total. The van der Waals surface area contributed by atoms with Gasteiger partial charge in [0, 0.05) is 5.69 Å². The molecule has 1 rings (SSSR count). The number of benzene rings is 1. The van der Waals surface area contributed by atoms with Crippen LogP contribution in [0.5, 0.6) is 0 Å². The summed E-state index contributed by atoms with van der Waals surface area (Å²) in [5.41, 5.74) is 2.95. The van der Waals surface area contributed by atoms with Gasteiger partial charge < -0.3 is 5.32 Å². The van der Waals surface area contributed by atoms with Gasteiger partial charge in [0.2, 0.25) is 5.91 Å². The molecule has 0 bridgehead atoms. The summed E-state index contributed by atoms with van der Waals surface area (Å²) in [6.45, 7) is 7.69. The average Bonchev–Trinajstić information content (AvgIpc) is 2.22. The molecule has 90 valence electrons. The number of nitrogens with one attached hydrogen (secondary N) is 1. The van der Waals surface area contributed by atoms with Crippen LogP contribution in [0.25, 0.3) is 0 Å². The molecule has 3 nitrogen and oxygen atoms in total. The Hall–Kier alpha value is -1.82. The molecule has 0 heterocycles. The first-order valence-electron chi connectivity index (χ1n) is 5.73. The van der Waals surface area contributed by atoms with Crippen molar-refractivity contribution in [2.45, 2.75) is 27.7 Å². The summed E-state index contributed by atoms with van der Waals surface area (Å²) >= 11 is 0. The number of aryl methyl sites for hydroxylation is 2. The lowest BCUT2D eigenvalue weighted by molar-refractivity contribution is -0.119. The molecule has 1 aromatic rings. The molecule has 1 unspecified atom stereocenters. The quantitative estimate of drug-likeness (QED) is 0.867. The van der Waals surface area contributed by atoms with Crippen LogP contribution in [0.2, 0.25) is 0 Å². The fourth-order valence-electron chi connectivity index (χ4n) is 1.67. The summed E-state index contributed by atoms with van der Waals surface area (Å²) in [7, 11) is 0. The van der Waals surface area contributed by atoms with E-state index in [2.05, 4.69) is 5.32 Å². The number of hydrogen-bond donors (Lipinski definition) is 1. The average molecular weight is 230 g/mol. The number of nitrogens with zero attached hydrogens (tertiary/aromatic N) is 1. The molecular weight excluding hydrogens is 212 g/mol. The molecule has 0 spiro atoms. The predicted molar refractivity (Wildman–Crippen MR) is 68.5 cm³/mol. The van der Waals surface area contributed by atoms with E-state index in [1.165, 1.54) is 0 Å². The third-order valence-electron chi connectivity index (χ3n) is 2.73. The molecule has 0 fully saturated rings. The topological polar surface area (TPSA) is 52.9 Å². The Morgan fingerprint density at radius 2 is 2.00 bits per heavy atom. The summed E-state index contributed by atoms with van der Waals surface area (Å²) in [4.78, 5) is 11.9. The summed E-state index contributed by atoms with van der Waals surface area (Å²) in [6.07, 6.45) is 0. The van der Waals surface area contributed by atoms with E-state index in [-0.39, 0.29) is 11.8 Å². The maximum atomic E-state index is 11.9. The normalized spacial score (nSPS) is 12.0. The first kappa shape index (κ1) is 13.2. The van der Waals surface area contributed by atoms with E-state index >= 15 is 0 Å². The van der Waals surface area contributed by atoms with Gasteiger partial charge in [-0.25, -0.2) is 0 Å². The van der Waals surface area contributed by atoms with Crippen LogP contribution in [0.1, 0.15) is 25.0 Å². The maximum absolute atomic E-state index is 11.9. The number of nitriles is 1. The van der Waals surface area contributed by atoms with Gasteiger partial charge in [-0.2, -0.15) is 5.26 Å². The van der Waals surface area contributed by atoms with Crippen molar-refractivity contribution in [1.29, 1.82) is 5.26 Å². The highest BCUT2D eigenvalue weighted by Gasteiger charge is 2.21. The van der Waals surface area contributed by atoms with E-state index in [0.29, 0.717) is 0 Å². The lowest BCUT2D eigenvalue weighted by Crippen LogP contribution is -2.25. The van der Waals surface area contributed by atoms with Gasteiger partial charge in [-0.05, 0) is 31.4 Å². The fourth-order valence-corrected chi connectivity index (χ4v) is 1.67. The molecule has 0 aliphatic heterocycles. The molecule has 0 saturated heterocycles. The van der Waals surface area contributed by atoms with E-state index in [1.54, 1.807) is 0 Å². The SMILES string of the molecule is Cc1ccc(NC(=O)C(C#N)C(C)C)c(C)c1. The Labute approximate surface area is 102 Å². The Balaban J connectivity index is 2.85. The number of amides is 1. The highest BCUT2D eigenvalue weighted by Crippen LogP contribution is 2.18. The Morgan fingerprint density at radius 1 is 1.35 bits per heavy atom. The second-order valence-corrected chi connectivity index (χ2v) is 4.66. The Morgan fingerprint density at radius 3 is 2.47 bits per heavy atom. The molecule has 1 atom stereocenters. The van der Waals surface area contributed by atoms with Gasteiger partial charge in [-0.3, -0.25) is 4.79 Å². The van der Waals surface area contributed by atoms with Gasteiger partial charge in [0.15, 0.2) is 0 Å². The fraction of sp³-hybridized carbons (Fsp3) is 0.429. The van der Waals surface area contributed by atoms with Crippen molar-refractivity contribution in [3.05, 3.63) is 29.3 Å². The van der Waals surface area contributed by atoms with E-state index in [1.807, 2.05) is 52.0 Å². The van der Waals surface area contributed by atoms with Crippen molar-refractivity contribution >= 4 is 11.6 Å². The van der Waals surface area contributed by atoms with Crippen molar-refractivity contribution < 1.29 is 4.79 Å². The second kappa shape index (κ2) is 5.49. The van der Waals surface area contributed by atoms with Crippen molar-refractivity contribution in [2.75, 3.05) is 5.32 Å². The first-order valence-corrected chi connectivity index (χ1v) is 5.73. The molecule has 0 saturated carbocycles. The summed E-state index contributed by atoms with van der Waals surface area (Å²) < 4.78 is 0.